The quantitative estimate of drug-likeness (QED) is 0.817. The molecular formula is C12H16O4S. The molecule has 0 amide bonds. The number of benzene rings is 1. The van der Waals surface area contributed by atoms with Gasteiger partial charge >= 0.3 is 0 Å². The molecule has 1 aromatic carbocycles. The molecule has 0 radical (unpaired) electrons. The number of sulfone groups is 1. The third-order valence-corrected chi connectivity index (χ3v) is 4.72. The van der Waals surface area contributed by atoms with E-state index in [1.54, 1.807) is 12.1 Å². The van der Waals surface area contributed by atoms with Gasteiger partial charge in [-0.3, -0.25) is 0 Å². The van der Waals surface area contributed by atoms with Gasteiger partial charge in [0.1, 0.15) is 10.6 Å². The van der Waals surface area contributed by atoms with Crippen LogP contribution in [0.3, 0.4) is 0 Å². The zero-order chi connectivity index (χ0) is 12.5. The van der Waals surface area contributed by atoms with Crippen LogP contribution >= 0.6 is 0 Å². The first-order chi connectivity index (χ1) is 8.03. The lowest BCUT2D eigenvalue weighted by Gasteiger charge is -2.25. The molecule has 4 nitrogen and oxygen atoms in total. The monoisotopic (exact) mass is 256 g/mol. The molecule has 1 heterocycles. The van der Waals surface area contributed by atoms with Crippen LogP contribution in [0.4, 0.5) is 0 Å². The largest absolute Gasteiger partial charge is 0.495 e. The van der Waals surface area contributed by atoms with E-state index in [1.165, 1.54) is 7.11 Å². The molecular weight excluding hydrogens is 240 g/mol. The molecule has 0 atom stereocenters. The van der Waals surface area contributed by atoms with E-state index in [1.807, 2.05) is 13.0 Å². The summed E-state index contributed by atoms with van der Waals surface area (Å²) in [6, 6.07) is 5.19. The first kappa shape index (κ1) is 12.4. The Morgan fingerprint density at radius 2 is 2.12 bits per heavy atom. The second-order valence-electron chi connectivity index (χ2n) is 4.34. The minimum atomic E-state index is -3.29. The molecule has 0 unspecified atom stereocenters. The van der Waals surface area contributed by atoms with E-state index < -0.39 is 9.84 Å². The number of methoxy groups -OCH3 is 1. The van der Waals surface area contributed by atoms with Gasteiger partial charge in [0, 0.05) is 5.92 Å². The molecule has 5 heteroatoms. The van der Waals surface area contributed by atoms with Gasteiger partial charge in [0.15, 0.2) is 9.84 Å². The summed E-state index contributed by atoms with van der Waals surface area (Å²) in [5, 5.41) is 0. The summed E-state index contributed by atoms with van der Waals surface area (Å²) in [5.41, 5.74) is 0.911. The van der Waals surface area contributed by atoms with Crippen molar-refractivity contribution in [2.75, 3.05) is 26.1 Å². The van der Waals surface area contributed by atoms with Crippen molar-refractivity contribution in [3.63, 3.8) is 0 Å². The Morgan fingerprint density at radius 1 is 1.41 bits per heavy atom. The molecule has 17 heavy (non-hydrogen) atoms. The van der Waals surface area contributed by atoms with Crippen molar-refractivity contribution in [3.8, 4) is 5.75 Å². The highest BCUT2D eigenvalue weighted by atomic mass is 32.2. The van der Waals surface area contributed by atoms with Crippen LogP contribution in [-0.2, 0) is 14.6 Å². The summed E-state index contributed by atoms with van der Waals surface area (Å²) in [6.45, 7) is 2.94. The van der Waals surface area contributed by atoms with Gasteiger partial charge in [0.25, 0.3) is 0 Å². The fourth-order valence-electron chi connectivity index (χ4n) is 1.81. The molecule has 0 aliphatic carbocycles. The lowest BCUT2D eigenvalue weighted by molar-refractivity contribution is -0.0204. The van der Waals surface area contributed by atoms with Crippen LogP contribution in [0.5, 0.6) is 5.75 Å². The van der Waals surface area contributed by atoms with Crippen LogP contribution < -0.4 is 4.74 Å². The Morgan fingerprint density at radius 3 is 2.65 bits per heavy atom. The molecule has 1 aliphatic heterocycles. The van der Waals surface area contributed by atoms with Gasteiger partial charge in [0.05, 0.1) is 26.1 Å². The second kappa shape index (κ2) is 4.66. The van der Waals surface area contributed by atoms with Crippen molar-refractivity contribution in [3.05, 3.63) is 23.8 Å². The van der Waals surface area contributed by atoms with E-state index in [9.17, 15) is 8.42 Å². The average Bonchev–Trinajstić information content (AvgIpc) is 2.24. The van der Waals surface area contributed by atoms with E-state index in [-0.39, 0.29) is 16.6 Å². The van der Waals surface area contributed by atoms with Crippen LogP contribution in [0.25, 0.3) is 0 Å². The van der Waals surface area contributed by atoms with Crippen molar-refractivity contribution in [1.29, 1.82) is 0 Å². The Bertz CT molecular complexity index is 503. The molecule has 2 rings (SSSR count). The topological polar surface area (TPSA) is 52.6 Å². The van der Waals surface area contributed by atoms with Gasteiger partial charge < -0.3 is 9.47 Å². The van der Waals surface area contributed by atoms with Gasteiger partial charge in [-0.2, -0.15) is 0 Å². The zero-order valence-corrected chi connectivity index (χ0v) is 10.8. The molecule has 1 aromatic rings. The standard InChI is InChI=1S/C12H16O4S/c1-9-3-4-11(15-2)12(5-9)17(13,14)8-10-6-16-7-10/h3-5,10H,6-8H2,1-2H3. The number of ether oxygens (including phenoxy) is 2. The third-order valence-electron chi connectivity index (χ3n) is 2.82. The molecule has 0 aromatic heterocycles. The Labute approximate surface area is 101 Å². The van der Waals surface area contributed by atoms with Crippen molar-refractivity contribution in [2.24, 2.45) is 5.92 Å². The van der Waals surface area contributed by atoms with Crippen LogP contribution in [-0.4, -0.2) is 34.5 Å². The third kappa shape index (κ3) is 2.61. The summed E-state index contributed by atoms with van der Waals surface area (Å²) in [4.78, 5) is 0.284. The first-order valence-electron chi connectivity index (χ1n) is 5.48. The van der Waals surface area contributed by atoms with Crippen LogP contribution in [0.15, 0.2) is 23.1 Å². The SMILES string of the molecule is COc1ccc(C)cc1S(=O)(=O)CC1COC1. The van der Waals surface area contributed by atoms with E-state index in [2.05, 4.69) is 0 Å². The second-order valence-corrected chi connectivity index (χ2v) is 6.34. The molecule has 1 saturated heterocycles. The molecule has 1 aliphatic rings. The fraction of sp³-hybridized carbons (Fsp3) is 0.500. The molecule has 0 bridgehead atoms. The number of rotatable bonds is 4. The van der Waals surface area contributed by atoms with Crippen molar-refractivity contribution < 1.29 is 17.9 Å². The highest BCUT2D eigenvalue weighted by Crippen LogP contribution is 2.28. The minimum Gasteiger partial charge on any atom is -0.495 e. The highest BCUT2D eigenvalue weighted by molar-refractivity contribution is 7.91. The van der Waals surface area contributed by atoms with Crippen molar-refractivity contribution in [1.82, 2.24) is 0 Å². The van der Waals surface area contributed by atoms with Gasteiger partial charge in [-0.25, -0.2) is 8.42 Å². The predicted octanol–water partition coefficient (Wildman–Crippen LogP) is 1.42. The Balaban J connectivity index is 2.33. The van der Waals surface area contributed by atoms with Crippen molar-refractivity contribution >= 4 is 9.84 Å². The Kier molecular flexibility index (Phi) is 3.40. The molecule has 94 valence electrons. The number of hydrogen-bond acceptors (Lipinski definition) is 4. The summed E-state index contributed by atoms with van der Waals surface area (Å²) in [5.74, 6) is 0.661. The average molecular weight is 256 g/mol. The predicted molar refractivity (Wildman–Crippen MR) is 64.1 cm³/mol. The lowest BCUT2D eigenvalue weighted by Crippen LogP contribution is -2.33. The van der Waals surface area contributed by atoms with Gasteiger partial charge in [-0.05, 0) is 24.6 Å². The lowest BCUT2D eigenvalue weighted by atomic mass is 10.1. The van der Waals surface area contributed by atoms with Crippen LogP contribution in [0.1, 0.15) is 5.56 Å². The summed E-state index contributed by atoms with van der Waals surface area (Å²) < 4.78 is 34.6. The summed E-state index contributed by atoms with van der Waals surface area (Å²) >= 11 is 0. The zero-order valence-electron chi connectivity index (χ0n) is 9.97. The normalized spacial score (nSPS) is 16.6. The van der Waals surface area contributed by atoms with E-state index >= 15 is 0 Å². The highest BCUT2D eigenvalue weighted by Gasteiger charge is 2.28. The Hall–Kier alpha value is -1.07. The van der Waals surface area contributed by atoms with Crippen LogP contribution in [0.2, 0.25) is 0 Å². The van der Waals surface area contributed by atoms with Gasteiger partial charge in [-0.15, -0.1) is 0 Å². The molecule has 1 fully saturated rings. The van der Waals surface area contributed by atoms with Gasteiger partial charge in [-0.1, -0.05) is 6.07 Å². The molecule has 0 N–H and O–H groups in total. The maximum absolute atomic E-state index is 12.2. The number of hydrogen-bond donors (Lipinski definition) is 0. The van der Waals surface area contributed by atoms with Crippen LogP contribution in [0, 0.1) is 12.8 Å². The minimum absolute atomic E-state index is 0.116. The first-order valence-corrected chi connectivity index (χ1v) is 7.13. The molecule has 0 spiro atoms. The molecule has 0 saturated carbocycles. The van der Waals surface area contributed by atoms with Crippen molar-refractivity contribution in [2.45, 2.75) is 11.8 Å². The van der Waals surface area contributed by atoms with E-state index in [4.69, 9.17) is 9.47 Å². The van der Waals surface area contributed by atoms with E-state index in [0.717, 1.165) is 5.56 Å². The summed E-state index contributed by atoms with van der Waals surface area (Å²) in [7, 11) is -1.81. The maximum atomic E-state index is 12.2. The smallest absolute Gasteiger partial charge is 0.182 e. The summed E-state index contributed by atoms with van der Waals surface area (Å²) in [6.07, 6.45) is 0. The fourth-order valence-corrected chi connectivity index (χ4v) is 3.62. The van der Waals surface area contributed by atoms with Gasteiger partial charge in [0.2, 0.25) is 0 Å². The van der Waals surface area contributed by atoms with E-state index in [0.29, 0.717) is 19.0 Å². The number of aryl methyl sites for hydroxylation is 1. The maximum Gasteiger partial charge on any atom is 0.182 e.